The number of hydrogen-bond acceptors (Lipinski definition) is 3. The molecule has 0 aromatic carbocycles. The second-order valence-electron chi connectivity index (χ2n) is 8.93. The van der Waals surface area contributed by atoms with Crippen LogP contribution in [0, 0.1) is 11.8 Å². The minimum atomic E-state index is -4.38. The largest absolute Gasteiger partial charge is 0.493 e. The Kier molecular flexibility index (Phi) is 22.1. The molecule has 0 spiro atoms. The molecule has 0 rings (SSSR count). The number of hydrogen-bond donors (Lipinski definition) is 0. The summed E-state index contributed by atoms with van der Waals surface area (Å²) in [6.45, 7) is 16.6. The molecule has 2 atom stereocenters. The fraction of sp³-hybridized carbons (Fsp3) is 0.750. The van der Waals surface area contributed by atoms with Crippen molar-refractivity contribution in [2.75, 3.05) is 13.2 Å². The average molecular weight is 491 g/mol. The van der Waals surface area contributed by atoms with Gasteiger partial charge in [0.2, 0.25) is 0 Å². The van der Waals surface area contributed by atoms with Gasteiger partial charge in [0.15, 0.2) is 0 Å². The van der Waals surface area contributed by atoms with Gasteiger partial charge in [0, 0.05) is 0 Å². The van der Waals surface area contributed by atoms with Gasteiger partial charge >= 0.3 is 12.1 Å². The molecule has 0 aromatic heterocycles. The van der Waals surface area contributed by atoms with Crippen LogP contribution in [-0.2, 0) is 14.3 Å². The van der Waals surface area contributed by atoms with Crippen molar-refractivity contribution < 1.29 is 27.4 Å². The van der Waals surface area contributed by atoms with Gasteiger partial charge in [-0.15, -0.1) is 6.58 Å². The predicted molar refractivity (Wildman–Crippen MR) is 137 cm³/mol. The van der Waals surface area contributed by atoms with E-state index in [1.54, 1.807) is 6.08 Å². The van der Waals surface area contributed by atoms with Gasteiger partial charge in [-0.3, -0.25) is 0 Å². The number of alkyl halides is 3. The third kappa shape index (κ3) is 20.9. The number of allylic oxidation sites excluding steroid dienone is 3. The Hall–Kier alpha value is -1.72. The van der Waals surface area contributed by atoms with Gasteiger partial charge in [0.05, 0.1) is 25.2 Å². The summed E-state index contributed by atoms with van der Waals surface area (Å²) in [5.74, 6) is -0.370. The van der Waals surface area contributed by atoms with Crippen LogP contribution in [0.3, 0.4) is 0 Å². The third-order valence-corrected chi connectivity index (χ3v) is 5.10. The lowest BCUT2D eigenvalue weighted by Gasteiger charge is -2.18. The first kappa shape index (κ1) is 34.4. The number of rotatable bonds is 17. The number of unbranched alkanes of at least 4 members (excludes halogenated alkanes) is 3. The van der Waals surface area contributed by atoms with Crippen LogP contribution in [0.1, 0.15) is 106 Å². The average Bonchev–Trinajstić information content (AvgIpc) is 2.78. The first-order valence-electron chi connectivity index (χ1n) is 12.9. The van der Waals surface area contributed by atoms with Gasteiger partial charge in [0.25, 0.3) is 0 Å². The van der Waals surface area contributed by atoms with Crippen LogP contribution in [0.5, 0.6) is 0 Å². The summed E-state index contributed by atoms with van der Waals surface area (Å²) >= 11 is 0. The van der Waals surface area contributed by atoms with Crippen molar-refractivity contribution in [2.24, 2.45) is 11.8 Å². The first-order chi connectivity index (χ1) is 16.1. The van der Waals surface area contributed by atoms with Gasteiger partial charge in [-0.1, -0.05) is 92.2 Å². The lowest BCUT2D eigenvalue weighted by molar-refractivity contribution is -0.140. The first-order valence-corrected chi connectivity index (χ1v) is 12.9. The molecule has 0 bridgehead atoms. The van der Waals surface area contributed by atoms with Gasteiger partial charge in [-0.25, -0.2) is 4.79 Å². The minimum Gasteiger partial charge on any atom is -0.493 e. The fourth-order valence-electron chi connectivity index (χ4n) is 2.87. The van der Waals surface area contributed by atoms with Crippen LogP contribution in [0.2, 0.25) is 0 Å². The molecular weight excluding hydrogens is 441 g/mol. The zero-order valence-corrected chi connectivity index (χ0v) is 22.4. The van der Waals surface area contributed by atoms with Crippen molar-refractivity contribution in [3.05, 3.63) is 36.1 Å². The smallest absolute Gasteiger partial charge is 0.392 e. The normalized spacial score (nSPS) is 14.0. The molecule has 6 heteroatoms. The van der Waals surface area contributed by atoms with Crippen molar-refractivity contribution in [3.8, 4) is 0 Å². The lowest BCUT2D eigenvalue weighted by Crippen LogP contribution is -2.18. The third-order valence-electron chi connectivity index (χ3n) is 5.10. The Morgan fingerprint density at radius 3 is 1.94 bits per heavy atom. The summed E-state index contributed by atoms with van der Waals surface area (Å²) in [4.78, 5) is 12.7. The second kappa shape index (κ2) is 21.8. The lowest BCUT2D eigenvalue weighted by atomic mass is 10.0. The highest BCUT2D eigenvalue weighted by Crippen LogP contribution is 2.25. The van der Waals surface area contributed by atoms with E-state index in [4.69, 9.17) is 9.47 Å². The molecule has 0 aliphatic carbocycles. The summed E-state index contributed by atoms with van der Waals surface area (Å²) in [6.07, 6.45) is 7.50. The quantitative estimate of drug-likeness (QED) is 0.0509. The second-order valence-corrected chi connectivity index (χ2v) is 8.93. The van der Waals surface area contributed by atoms with Gasteiger partial charge < -0.3 is 9.47 Å². The van der Waals surface area contributed by atoms with Crippen LogP contribution < -0.4 is 0 Å². The molecule has 3 nitrogen and oxygen atoms in total. The maximum Gasteiger partial charge on any atom is 0.392 e. The Labute approximate surface area is 206 Å². The van der Waals surface area contributed by atoms with Crippen LogP contribution in [0.4, 0.5) is 13.2 Å². The Bertz CT molecular complexity index is 578. The number of carbonyl (C=O) groups excluding carboxylic acids is 1. The van der Waals surface area contributed by atoms with Crippen LogP contribution in [-0.4, -0.2) is 25.4 Å². The number of halogens is 3. The van der Waals surface area contributed by atoms with Crippen LogP contribution in [0.15, 0.2) is 36.1 Å². The highest BCUT2D eigenvalue weighted by Gasteiger charge is 2.27. The van der Waals surface area contributed by atoms with Crippen molar-refractivity contribution in [3.63, 3.8) is 0 Å². The van der Waals surface area contributed by atoms with Crippen molar-refractivity contribution in [1.29, 1.82) is 0 Å². The summed E-state index contributed by atoms with van der Waals surface area (Å²) in [6, 6.07) is 0. The van der Waals surface area contributed by atoms with Gasteiger partial charge in [-0.05, 0) is 37.2 Å². The SMILES string of the molecule is C=CC/C=C(C(=O)OCC(C)CCCCC)\C(=C/CC(F)(F)F)OCC(C)CCC.CCCC. The molecule has 0 saturated carbocycles. The molecule has 0 radical (unpaired) electrons. The monoisotopic (exact) mass is 490 g/mol. The van der Waals surface area contributed by atoms with E-state index in [1.807, 2.05) is 20.8 Å². The van der Waals surface area contributed by atoms with E-state index in [1.165, 1.54) is 18.9 Å². The maximum atomic E-state index is 12.8. The Morgan fingerprint density at radius 2 is 1.44 bits per heavy atom. The topological polar surface area (TPSA) is 35.5 Å². The molecule has 0 heterocycles. The summed E-state index contributed by atoms with van der Waals surface area (Å²) in [5.41, 5.74) is 0.0311. The number of ether oxygens (including phenoxy) is 2. The molecule has 0 aliphatic rings. The maximum absolute atomic E-state index is 12.8. The van der Waals surface area contributed by atoms with E-state index >= 15 is 0 Å². The summed E-state index contributed by atoms with van der Waals surface area (Å²) < 4.78 is 49.5. The molecule has 0 amide bonds. The Balaban J connectivity index is 0. The number of esters is 1. The van der Waals surface area contributed by atoms with E-state index < -0.39 is 18.6 Å². The van der Waals surface area contributed by atoms with Crippen molar-refractivity contribution >= 4 is 5.97 Å². The van der Waals surface area contributed by atoms with E-state index in [2.05, 4.69) is 27.4 Å². The molecule has 200 valence electrons. The van der Waals surface area contributed by atoms with E-state index in [0.717, 1.165) is 44.6 Å². The van der Waals surface area contributed by atoms with Crippen molar-refractivity contribution in [1.82, 2.24) is 0 Å². The van der Waals surface area contributed by atoms with E-state index in [-0.39, 0.29) is 36.4 Å². The minimum absolute atomic E-state index is 0.0311. The summed E-state index contributed by atoms with van der Waals surface area (Å²) in [7, 11) is 0. The fourth-order valence-corrected chi connectivity index (χ4v) is 2.87. The molecule has 0 aromatic rings. The Morgan fingerprint density at radius 1 is 0.853 bits per heavy atom. The van der Waals surface area contributed by atoms with Gasteiger partial charge in [-0.2, -0.15) is 13.2 Å². The molecule has 0 aliphatic heterocycles. The highest BCUT2D eigenvalue weighted by molar-refractivity contribution is 5.92. The molecule has 0 saturated heterocycles. The van der Waals surface area contributed by atoms with Crippen LogP contribution in [0.25, 0.3) is 0 Å². The van der Waals surface area contributed by atoms with Crippen LogP contribution >= 0.6 is 0 Å². The van der Waals surface area contributed by atoms with Gasteiger partial charge in [0.1, 0.15) is 5.76 Å². The number of carbonyl (C=O) groups is 1. The van der Waals surface area contributed by atoms with Crippen molar-refractivity contribution in [2.45, 2.75) is 112 Å². The van der Waals surface area contributed by atoms with E-state index in [0.29, 0.717) is 6.42 Å². The molecular formula is C28H49F3O3. The molecule has 2 unspecified atom stereocenters. The molecule has 34 heavy (non-hydrogen) atoms. The molecule has 0 N–H and O–H groups in total. The zero-order chi connectivity index (χ0) is 26.4. The molecule has 0 fully saturated rings. The summed E-state index contributed by atoms with van der Waals surface area (Å²) in [5, 5.41) is 0. The zero-order valence-electron chi connectivity index (χ0n) is 22.4. The van der Waals surface area contributed by atoms with E-state index in [9.17, 15) is 18.0 Å². The standard InChI is InChI=1S/C24H39F3O3.C4H10/c1-6-9-11-13-20(5)18-30-23(28)21(14-10-7-2)22(15-16-24(25,26)27)29-17-19(4)12-8-3;1-3-4-2/h7,14-15,19-20H,2,6,8-13,16-18H2,1,3-5H3;3-4H2,1-2H3/b21-14+,22-15+;. The predicted octanol–water partition coefficient (Wildman–Crippen LogP) is 9.34. The highest BCUT2D eigenvalue weighted by atomic mass is 19.4.